The normalized spacial score (nSPS) is 37.8. The third-order valence-corrected chi connectivity index (χ3v) is 3.41. The molecule has 2 nitrogen and oxygen atoms in total. The minimum atomic E-state index is 0.812. The number of likely N-dealkylation sites (N-methyl/N-ethyl adjacent to an activating group) is 1. The van der Waals surface area contributed by atoms with Gasteiger partial charge in [0.15, 0.2) is 0 Å². The van der Waals surface area contributed by atoms with E-state index in [1.165, 1.54) is 45.3 Å². The molecule has 1 saturated heterocycles. The fourth-order valence-electron chi connectivity index (χ4n) is 2.74. The highest BCUT2D eigenvalue weighted by Crippen LogP contribution is 2.24. The number of nitrogens with one attached hydrogen (secondary N) is 1. The lowest BCUT2D eigenvalue weighted by molar-refractivity contribution is 0.0935. The van der Waals surface area contributed by atoms with Crippen LogP contribution in [0.25, 0.3) is 0 Å². The van der Waals surface area contributed by atoms with E-state index in [4.69, 9.17) is 0 Å². The van der Waals surface area contributed by atoms with Gasteiger partial charge in [0.05, 0.1) is 0 Å². The molecule has 1 heterocycles. The van der Waals surface area contributed by atoms with Crippen molar-refractivity contribution in [3.8, 4) is 0 Å². The lowest BCUT2D eigenvalue weighted by Crippen LogP contribution is -2.58. The van der Waals surface area contributed by atoms with Crippen LogP contribution in [0.4, 0.5) is 0 Å². The number of piperazine rings is 1. The second-order valence-electron chi connectivity index (χ2n) is 4.04. The molecule has 0 unspecified atom stereocenters. The van der Waals surface area contributed by atoms with E-state index in [1.54, 1.807) is 0 Å². The van der Waals surface area contributed by atoms with Crippen molar-refractivity contribution in [3.05, 3.63) is 0 Å². The van der Waals surface area contributed by atoms with Crippen LogP contribution in [0.2, 0.25) is 0 Å². The monoisotopic (exact) mass is 168 g/mol. The van der Waals surface area contributed by atoms with E-state index >= 15 is 0 Å². The first kappa shape index (κ1) is 8.52. The Hall–Kier alpha value is -0.0800. The quantitative estimate of drug-likeness (QED) is 0.633. The topological polar surface area (TPSA) is 15.3 Å². The van der Waals surface area contributed by atoms with Gasteiger partial charge in [0.25, 0.3) is 0 Å². The Kier molecular flexibility index (Phi) is 2.66. The molecule has 0 bridgehead atoms. The summed E-state index contributed by atoms with van der Waals surface area (Å²) in [5, 5.41) is 3.64. The molecule has 0 spiro atoms. The standard InChI is InChI=1S/C10H20N2/c1-2-12-8-7-11-9-5-3-4-6-10(9)12/h9-11H,2-8H2,1H3/t9-,10+/m0/s1. The lowest BCUT2D eigenvalue weighted by atomic mass is 9.88. The average Bonchev–Trinajstić information content (AvgIpc) is 2.17. The van der Waals surface area contributed by atoms with Crippen LogP contribution in [0.5, 0.6) is 0 Å². The Morgan fingerprint density at radius 1 is 1.33 bits per heavy atom. The van der Waals surface area contributed by atoms with Gasteiger partial charge < -0.3 is 5.32 Å². The molecule has 0 aromatic carbocycles. The van der Waals surface area contributed by atoms with Crippen LogP contribution in [0.3, 0.4) is 0 Å². The van der Waals surface area contributed by atoms with Crippen LogP contribution in [0.1, 0.15) is 32.6 Å². The minimum absolute atomic E-state index is 0.812. The van der Waals surface area contributed by atoms with Gasteiger partial charge in [-0.2, -0.15) is 0 Å². The summed E-state index contributed by atoms with van der Waals surface area (Å²) < 4.78 is 0. The van der Waals surface area contributed by atoms with E-state index in [-0.39, 0.29) is 0 Å². The number of nitrogens with zero attached hydrogens (tertiary/aromatic N) is 1. The van der Waals surface area contributed by atoms with Crippen LogP contribution in [-0.4, -0.2) is 36.6 Å². The zero-order valence-electron chi connectivity index (χ0n) is 8.05. The predicted octanol–water partition coefficient (Wildman–Crippen LogP) is 1.22. The van der Waals surface area contributed by atoms with Crippen LogP contribution in [0, 0.1) is 0 Å². The van der Waals surface area contributed by atoms with Gasteiger partial charge in [0.1, 0.15) is 0 Å². The molecule has 70 valence electrons. The van der Waals surface area contributed by atoms with E-state index in [2.05, 4.69) is 17.1 Å². The molecule has 0 aromatic rings. The Morgan fingerprint density at radius 3 is 3.00 bits per heavy atom. The fraction of sp³-hybridized carbons (Fsp3) is 1.00. The molecule has 0 amide bonds. The smallest absolute Gasteiger partial charge is 0.0249 e. The van der Waals surface area contributed by atoms with Crippen molar-refractivity contribution >= 4 is 0 Å². The van der Waals surface area contributed by atoms with Gasteiger partial charge >= 0.3 is 0 Å². The van der Waals surface area contributed by atoms with Crippen LogP contribution < -0.4 is 5.32 Å². The molecule has 2 aliphatic rings. The van der Waals surface area contributed by atoms with Gasteiger partial charge in [0.2, 0.25) is 0 Å². The maximum Gasteiger partial charge on any atom is 0.0249 e. The van der Waals surface area contributed by atoms with Gasteiger partial charge in [-0.1, -0.05) is 19.8 Å². The highest BCUT2D eigenvalue weighted by molar-refractivity contribution is 4.91. The molecular formula is C10H20N2. The molecular weight excluding hydrogens is 148 g/mol. The molecule has 2 heteroatoms. The third kappa shape index (κ3) is 1.50. The van der Waals surface area contributed by atoms with Crippen molar-refractivity contribution in [2.24, 2.45) is 0 Å². The first-order valence-electron chi connectivity index (χ1n) is 5.39. The summed E-state index contributed by atoms with van der Waals surface area (Å²) in [6.45, 7) is 5.99. The molecule has 0 radical (unpaired) electrons. The summed E-state index contributed by atoms with van der Waals surface area (Å²) in [5.74, 6) is 0. The Balaban J connectivity index is 1.99. The molecule has 0 aromatic heterocycles. The van der Waals surface area contributed by atoms with E-state index in [0.29, 0.717) is 0 Å². The summed E-state index contributed by atoms with van der Waals surface area (Å²) in [4.78, 5) is 2.65. The third-order valence-electron chi connectivity index (χ3n) is 3.41. The number of hydrogen-bond donors (Lipinski definition) is 1. The molecule has 2 rings (SSSR count). The molecule has 1 saturated carbocycles. The van der Waals surface area contributed by atoms with Crippen LogP contribution in [0.15, 0.2) is 0 Å². The minimum Gasteiger partial charge on any atom is -0.311 e. The van der Waals surface area contributed by atoms with Gasteiger partial charge in [-0.25, -0.2) is 0 Å². The van der Waals surface area contributed by atoms with E-state index in [1.807, 2.05) is 0 Å². The Labute approximate surface area is 75.3 Å². The molecule has 2 atom stereocenters. The highest BCUT2D eigenvalue weighted by atomic mass is 15.2. The molecule has 12 heavy (non-hydrogen) atoms. The maximum absolute atomic E-state index is 3.64. The van der Waals surface area contributed by atoms with Crippen molar-refractivity contribution in [1.82, 2.24) is 10.2 Å². The second-order valence-corrected chi connectivity index (χ2v) is 4.04. The fourth-order valence-corrected chi connectivity index (χ4v) is 2.74. The Bertz CT molecular complexity index is 138. The first-order valence-corrected chi connectivity index (χ1v) is 5.39. The number of rotatable bonds is 1. The first-order chi connectivity index (χ1) is 5.92. The van der Waals surface area contributed by atoms with Gasteiger partial charge in [-0.05, 0) is 19.4 Å². The summed E-state index contributed by atoms with van der Waals surface area (Å²) in [7, 11) is 0. The summed E-state index contributed by atoms with van der Waals surface area (Å²) >= 11 is 0. The summed E-state index contributed by atoms with van der Waals surface area (Å²) in [5.41, 5.74) is 0. The average molecular weight is 168 g/mol. The maximum atomic E-state index is 3.64. The van der Waals surface area contributed by atoms with Gasteiger partial charge in [-0.3, -0.25) is 4.90 Å². The number of hydrogen-bond acceptors (Lipinski definition) is 2. The van der Waals surface area contributed by atoms with E-state index in [0.717, 1.165) is 12.1 Å². The summed E-state index contributed by atoms with van der Waals surface area (Å²) in [6.07, 6.45) is 5.71. The molecule has 2 fully saturated rings. The van der Waals surface area contributed by atoms with E-state index in [9.17, 15) is 0 Å². The number of fused-ring (bicyclic) bond motifs is 1. The summed E-state index contributed by atoms with van der Waals surface area (Å²) in [6, 6.07) is 1.67. The zero-order chi connectivity index (χ0) is 8.39. The molecule has 1 N–H and O–H groups in total. The van der Waals surface area contributed by atoms with Crippen molar-refractivity contribution < 1.29 is 0 Å². The van der Waals surface area contributed by atoms with Gasteiger partial charge in [-0.15, -0.1) is 0 Å². The predicted molar refractivity (Wildman–Crippen MR) is 51.3 cm³/mol. The lowest BCUT2D eigenvalue weighted by Gasteiger charge is -2.44. The van der Waals surface area contributed by atoms with E-state index < -0.39 is 0 Å². The van der Waals surface area contributed by atoms with Crippen molar-refractivity contribution in [2.75, 3.05) is 19.6 Å². The Morgan fingerprint density at radius 2 is 2.17 bits per heavy atom. The van der Waals surface area contributed by atoms with Crippen molar-refractivity contribution in [3.63, 3.8) is 0 Å². The van der Waals surface area contributed by atoms with Crippen molar-refractivity contribution in [2.45, 2.75) is 44.7 Å². The second kappa shape index (κ2) is 3.75. The van der Waals surface area contributed by atoms with Crippen molar-refractivity contribution in [1.29, 1.82) is 0 Å². The SMILES string of the molecule is CCN1CCN[C@H]2CCCC[C@H]21. The molecule has 1 aliphatic heterocycles. The van der Waals surface area contributed by atoms with Gasteiger partial charge in [0, 0.05) is 25.2 Å². The molecule has 1 aliphatic carbocycles. The van der Waals surface area contributed by atoms with Crippen LogP contribution >= 0.6 is 0 Å². The van der Waals surface area contributed by atoms with Crippen LogP contribution in [-0.2, 0) is 0 Å². The highest BCUT2D eigenvalue weighted by Gasteiger charge is 2.31. The zero-order valence-corrected chi connectivity index (χ0v) is 8.05. The largest absolute Gasteiger partial charge is 0.311 e.